The summed E-state index contributed by atoms with van der Waals surface area (Å²) >= 11 is 1.56. The SMILES string of the molecule is Cc1noc2nc(-c3ccco3)cc(C(=O)OCC(=O)N(C)Cc3cccs3)c12. The van der Waals surface area contributed by atoms with Crippen molar-refractivity contribution in [3.63, 3.8) is 0 Å². The van der Waals surface area contributed by atoms with Crippen molar-refractivity contribution in [3.05, 3.63) is 58.1 Å². The van der Waals surface area contributed by atoms with E-state index in [-0.39, 0.29) is 23.8 Å². The van der Waals surface area contributed by atoms with Gasteiger partial charge in [0.05, 0.1) is 29.5 Å². The number of esters is 1. The first kappa shape index (κ1) is 18.9. The number of carbonyl (C=O) groups is 2. The largest absolute Gasteiger partial charge is 0.463 e. The highest BCUT2D eigenvalue weighted by molar-refractivity contribution is 7.09. The van der Waals surface area contributed by atoms with Gasteiger partial charge >= 0.3 is 5.97 Å². The monoisotopic (exact) mass is 411 g/mol. The molecule has 1 amide bonds. The second-order valence-corrected chi connectivity index (χ2v) is 7.42. The van der Waals surface area contributed by atoms with Crippen molar-refractivity contribution in [3.8, 4) is 11.5 Å². The Morgan fingerprint density at radius 2 is 2.14 bits per heavy atom. The van der Waals surface area contributed by atoms with Crippen LogP contribution in [0.3, 0.4) is 0 Å². The number of hydrogen-bond donors (Lipinski definition) is 0. The Hall–Kier alpha value is -3.46. The van der Waals surface area contributed by atoms with Crippen molar-refractivity contribution in [1.29, 1.82) is 0 Å². The highest BCUT2D eigenvalue weighted by Crippen LogP contribution is 2.27. The topological polar surface area (TPSA) is 98.7 Å². The smallest absolute Gasteiger partial charge is 0.339 e. The molecule has 8 nitrogen and oxygen atoms in total. The van der Waals surface area contributed by atoms with E-state index < -0.39 is 5.97 Å². The van der Waals surface area contributed by atoms with Gasteiger partial charge in [-0.3, -0.25) is 4.79 Å². The highest BCUT2D eigenvalue weighted by atomic mass is 32.1. The zero-order valence-corrected chi connectivity index (χ0v) is 16.6. The first-order chi connectivity index (χ1) is 14.0. The molecule has 0 spiro atoms. The zero-order valence-electron chi connectivity index (χ0n) is 15.7. The van der Waals surface area contributed by atoms with E-state index in [0.29, 0.717) is 29.1 Å². The lowest BCUT2D eigenvalue weighted by molar-refractivity contribution is -0.133. The molecule has 0 radical (unpaired) electrons. The second-order valence-electron chi connectivity index (χ2n) is 6.39. The lowest BCUT2D eigenvalue weighted by Crippen LogP contribution is -2.30. The Morgan fingerprint density at radius 3 is 2.86 bits per heavy atom. The maximum atomic E-state index is 12.8. The number of amides is 1. The van der Waals surface area contributed by atoms with E-state index in [0.717, 1.165) is 4.88 Å². The maximum absolute atomic E-state index is 12.8. The molecular formula is C20H17N3O5S. The van der Waals surface area contributed by atoms with Gasteiger partial charge in [-0.2, -0.15) is 0 Å². The zero-order chi connectivity index (χ0) is 20.4. The number of likely N-dealkylation sites (N-methyl/N-ethyl adjacent to an activating group) is 1. The second kappa shape index (κ2) is 7.88. The molecule has 0 aliphatic heterocycles. The van der Waals surface area contributed by atoms with Crippen LogP contribution < -0.4 is 0 Å². The summed E-state index contributed by atoms with van der Waals surface area (Å²) in [7, 11) is 1.67. The third-order valence-corrected chi connectivity index (χ3v) is 5.20. The van der Waals surface area contributed by atoms with Crippen LogP contribution >= 0.6 is 11.3 Å². The Morgan fingerprint density at radius 1 is 1.28 bits per heavy atom. The molecule has 0 saturated carbocycles. The van der Waals surface area contributed by atoms with Crippen LogP contribution in [0.1, 0.15) is 20.9 Å². The standard InChI is InChI=1S/C20H17N3O5S/c1-12-18-14(9-15(16-6-3-7-26-16)21-19(18)28-22-12)20(25)27-11-17(24)23(2)10-13-5-4-8-29-13/h3-9H,10-11H2,1-2H3. The van der Waals surface area contributed by atoms with Gasteiger partial charge in [-0.25, -0.2) is 9.78 Å². The molecule has 0 fully saturated rings. The van der Waals surface area contributed by atoms with Crippen molar-refractivity contribution in [1.82, 2.24) is 15.0 Å². The maximum Gasteiger partial charge on any atom is 0.339 e. The molecule has 148 valence electrons. The Kier molecular flexibility index (Phi) is 5.13. The molecule has 4 aromatic rings. The molecule has 4 aromatic heterocycles. The number of ether oxygens (including phenoxy) is 1. The molecule has 29 heavy (non-hydrogen) atoms. The van der Waals surface area contributed by atoms with E-state index in [1.165, 1.54) is 11.2 Å². The van der Waals surface area contributed by atoms with Crippen molar-refractivity contribution < 1.29 is 23.3 Å². The first-order valence-corrected chi connectivity index (χ1v) is 9.65. The summed E-state index contributed by atoms with van der Waals surface area (Å²) in [6.07, 6.45) is 1.51. The van der Waals surface area contributed by atoms with Crippen molar-refractivity contribution in [2.45, 2.75) is 13.5 Å². The van der Waals surface area contributed by atoms with Gasteiger partial charge in [-0.15, -0.1) is 11.3 Å². The van der Waals surface area contributed by atoms with Crippen LogP contribution in [0.5, 0.6) is 0 Å². The third kappa shape index (κ3) is 3.90. The molecule has 0 unspecified atom stereocenters. The van der Waals surface area contributed by atoms with Crippen molar-refractivity contribution in [2.24, 2.45) is 0 Å². The number of thiophene rings is 1. The number of furan rings is 1. The lowest BCUT2D eigenvalue weighted by Gasteiger charge is -2.16. The van der Waals surface area contributed by atoms with Crippen molar-refractivity contribution in [2.75, 3.05) is 13.7 Å². The van der Waals surface area contributed by atoms with E-state index in [2.05, 4.69) is 10.1 Å². The van der Waals surface area contributed by atoms with Gasteiger partial charge in [0.15, 0.2) is 12.4 Å². The van der Waals surface area contributed by atoms with Gasteiger partial charge in [0.1, 0.15) is 5.69 Å². The molecule has 4 rings (SSSR count). The summed E-state index contributed by atoms with van der Waals surface area (Å²) in [5.41, 5.74) is 1.33. The summed E-state index contributed by atoms with van der Waals surface area (Å²) in [6.45, 7) is 1.79. The van der Waals surface area contributed by atoms with E-state index in [1.54, 1.807) is 43.5 Å². The predicted octanol–water partition coefficient (Wildman–Crippen LogP) is 3.67. The third-order valence-electron chi connectivity index (χ3n) is 4.34. The number of carbonyl (C=O) groups excluding carboxylic acids is 2. The van der Waals surface area contributed by atoms with Crippen LogP contribution in [-0.2, 0) is 16.1 Å². The van der Waals surface area contributed by atoms with Crippen LogP contribution in [0.15, 0.2) is 50.9 Å². The molecule has 0 N–H and O–H groups in total. The van der Waals surface area contributed by atoms with Gasteiger partial charge in [-0.05, 0) is 36.6 Å². The van der Waals surface area contributed by atoms with Gasteiger partial charge in [0, 0.05) is 11.9 Å². The van der Waals surface area contributed by atoms with Crippen molar-refractivity contribution >= 4 is 34.3 Å². The molecule has 0 saturated heterocycles. The first-order valence-electron chi connectivity index (χ1n) is 8.77. The average molecular weight is 411 g/mol. The minimum absolute atomic E-state index is 0.199. The van der Waals surface area contributed by atoms with E-state index in [9.17, 15) is 9.59 Å². The molecule has 0 aromatic carbocycles. The normalized spacial score (nSPS) is 11.0. The molecule has 0 atom stereocenters. The minimum atomic E-state index is -0.658. The van der Waals surface area contributed by atoms with Crippen LogP contribution in [0.2, 0.25) is 0 Å². The van der Waals surface area contributed by atoms with E-state index in [1.807, 2.05) is 17.5 Å². The minimum Gasteiger partial charge on any atom is -0.463 e. The number of pyridine rings is 1. The summed E-state index contributed by atoms with van der Waals surface area (Å²) in [4.78, 5) is 32.0. The summed E-state index contributed by atoms with van der Waals surface area (Å²) < 4.78 is 15.8. The number of fused-ring (bicyclic) bond motifs is 1. The number of hydrogen-bond acceptors (Lipinski definition) is 8. The fourth-order valence-electron chi connectivity index (χ4n) is 2.85. The van der Waals surface area contributed by atoms with E-state index >= 15 is 0 Å². The molecular weight excluding hydrogens is 394 g/mol. The molecule has 4 heterocycles. The quantitative estimate of drug-likeness (QED) is 0.446. The van der Waals surface area contributed by atoms with E-state index in [4.69, 9.17) is 13.7 Å². The molecule has 9 heteroatoms. The van der Waals surface area contributed by atoms with Gasteiger partial charge in [0.2, 0.25) is 0 Å². The molecule has 0 bridgehead atoms. The fraction of sp³-hybridized carbons (Fsp3) is 0.200. The lowest BCUT2D eigenvalue weighted by atomic mass is 10.1. The van der Waals surface area contributed by atoms with Crippen LogP contribution in [-0.4, -0.2) is 40.6 Å². The summed E-state index contributed by atoms with van der Waals surface area (Å²) in [5.74, 6) is -0.485. The fourth-order valence-corrected chi connectivity index (χ4v) is 3.60. The van der Waals surface area contributed by atoms with Crippen LogP contribution in [0.25, 0.3) is 22.6 Å². The molecule has 0 aliphatic rings. The Bertz CT molecular complexity index is 1150. The number of rotatable bonds is 6. The Labute approximate surface area is 169 Å². The average Bonchev–Trinajstić information content (AvgIpc) is 3.48. The predicted molar refractivity (Wildman–Crippen MR) is 105 cm³/mol. The summed E-state index contributed by atoms with van der Waals surface area (Å²) in [6, 6.07) is 8.85. The van der Waals surface area contributed by atoms with Gasteiger partial charge < -0.3 is 18.6 Å². The highest BCUT2D eigenvalue weighted by Gasteiger charge is 2.22. The van der Waals surface area contributed by atoms with Crippen LogP contribution in [0.4, 0.5) is 0 Å². The molecule has 0 aliphatic carbocycles. The summed E-state index contributed by atoms with van der Waals surface area (Å²) in [5, 5.41) is 6.27. The number of aromatic nitrogens is 2. The van der Waals surface area contributed by atoms with Gasteiger partial charge in [-0.1, -0.05) is 11.2 Å². The number of nitrogens with zero attached hydrogens (tertiary/aromatic N) is 3. The Balaban J connectivity index is 1.53. The number of aryl methyl sites for hydroxylation is 1. The van der Waals surface area contributed by atoms with Crippen LogP contribution in [0, 0.1) is 6.92 Å². The van der Waals surface area contributed by atoms with Gasteiger partial charge in [0.25, 0.3) is 11.6 Å².